The van der Waals surface area contributed by atoms with Gasteiger partial charge in [-0.3, -0.25) is 4.79 Å². The van der Waals surface area contributed by atoms with Gasteiger partial charge in [0.25, 0.3) is 5.91 Å². The summed E-state index contributed by atoms with van der Waals surface area (Å²) >= 11 is 0. The average molecular weight is 278 g/mol. The second-order valence-electron chi connectivity index (χ2n) is 3.81. The minimum absolute atomic E-state index is 0.303. The van der Waals surface area contributed by atoms with Crippen LogP contribution in [0, 0.1) is 0 Å². The van der Waals surface area contributed by atoms with Crippen molar-refractivity contribution in [2.45, 2.75) is 4.90 Å². The third kappa shape index (κ3) is 2.95. The summed E-state index contributed by atoms with van der Waals surface area (Å²) in [5, 5.41) is 0. The standard InChI is InChI=1S/C12H10N2O4S/c13-12(15)9-2-1-7-14(8-9)10-3-5-11(6-4-10)19(16,17)18/h1-8H,(H2-,13,15,16,17,18). The monoisotopic (exact) mass is 278 g/mol. The Morgan fingerprint density at radius 2 is 1.79 bits per heavy atom. The highest BCUT2D eigenvalue weighted by Gasteiger charge is 2.10. The van der Waals surface area contributed by atoms with Crippen molar-refractivity contribution < 1.29 is 22.3 Å². The van der Waals surface area contributed by atoms with E-state index >= 15 is 0 Å². The van der Waals surface area contributed by atoms with Gasteiger partial charge in [0.2, 0.25) is 5.69 Å². The molecule has 0 bridgehead atoms. The molecule has 98 valence electrons. The molecule has 1 aromatic carbocycles. The summed E-state index contributed by atoms with van der Waals surface area (Å²) in [7, 11) is -4.46. The molecule has 2 aromatic rings. The van der Waals surface area contributed by atoms with Gasteiger partial charge in [-0.25, -0.2) is 8.42 Å². The summed E-state index contributed by atoms with van der Waals surface area (Å²) in [6.45, 7) is 0. The smallest absolute Gasteiger partial charge is 0.254 e. The van der Waals surface area contributed by atoms with Crippen LogP contribution in [-0.4, -0.2) is 18.9 Å². The molecule has 0 saturated carbocycles. The fraction of sp³-hybridized carbons (Fsp3) is 0. The molecular weight excluding hydrogens is 268 g/mol. The molecule has 7 heteroatoms. The summed E-state index contributed by atoms with van der Waals surface area (Å²) in [6.07, 6.45) is 3.19. The molecule has 0 spiro atoms. The Hall–Kier alpha value is -2.25. The largest absolute Gasteiger partial charge is 0.744 e. The number of pyridine rings is 1. The number of aromatic nitrogens is 1. The summed E-state index contributed by atoms with van der Waals surface area (Å²) in [4.78, 5) is 10.8. The van der Waals surface area contributed by atoms with E-state index in [0.717, 1.165) is 0 Å². The lowest BCUT2D eigenvalue weighted by atomic mass is 10.2. The Bertz CT molecular complexity index is 724. The molecule has 0 aliphatic heterocycles. The van der Waals surface area contributed by atoms with Crippen LogP contribution in [0.2, 0.25) is 0 Å². The maximum absolute atomic E-state index is 11.1. The number of primary amides is 1. The lowest BCUT2D eigenvalue weighted by Crippen LogP contribution is -2.31. The highest BCUT2D eigenvalue weighted by atomic mass is 32.2. The Morgan fingerprint density at radius 1 is 1.16 bits per heavy atom. The van der Waals surface area contributed by atoms with Crippen molar-refractivity contribution in [3.63, 3.8) is 0 Å². The van der Waals surface area contributed by atoms with Crippen molar-refractivity contribution >= 4 is 16.0 Å². The number of benzene rings is 1. The molecule has 0 saturated heterocycles. The zero-order valence-electron chi connectivity index (χ0n) is 9.68. The lowest BCUT2D eigenvalue weighted by molar-refractivity contribution is -0.595. The summed E-state index contributed by atoms with van der Waals surface area (Å²) in [5.41, 5.74) is 6.10. The van der Waals surface area contributed by atoms with Crippen LogP contribution in [-0.2, 0) is 10.1 Å². The van der Waals surface area contributed by atoms with Crippen LogP contribution in [0.4, 0.5) is 0 Å². The molecule has 1 heterocycles. The number of hydrogen-bond donors (Lipinski definition) is 1. The Morgan fingerprint density at radius 3 is 2.32 bits per heavy atom. The molecule has 1 amide bonds. The summed E-state index contributed by atoms with van der Waals surface area (Å²) in [5.74, 6) is -0.562. The fourth-order valence-electron chi connectivity index (χ4n) is 1.57. The predicted molar refractivity (Wildman–Crippen MR) is 64.5 cm³/mol. The van der Waals surface area contributed by atoms with Gasteiger partial charge >= 0.3 is 0 Å². The molecule has 1 aromatic heterocycles. The van der Waals surface area contributed by atoms with E-state index < -0.39 is 16.0 Å². The second kappa shape index (κ2) is 4.79. The summed E-state index contributed by atoms with van der Waals surface area (Å²) in [6, 6.07) is 8.56. The number of amides is 1. The average Bonchev–Trinajstić information content (AvgIpc) is 2.38. The van der Waals surface area contributed by atoms with Gasteiger partial charge in [0.15, 0.2) is 12.4 Å². The summed E-state index contributed by atoms with van der Waals surface area (Å²) < 4.78 is 34.0. The van der Waals surface area contributed by atoms with E-state index in [1.165, 1.54) is 30.5 Å². The molecule has 0 radical (unpaired) electrons. The van der Waals surface area contributed by atoms with Crippen LogP contribution in [0.1, 0.15) is 10.4 Å². The highest BCUT2D eigenvalue weighted by molar-refractivity contribution is 7.85. The van der Waals surface area contributed by atoms with E-state index in [4.69, 9.17) is 5.73 Å². The zero-order valence-corrected chi connectivity index (χ0v) is 10.5. The minimum Gasteiger partial charge on any atom is -0.744 e. The molecule has 0 unspecified atom stereocenters. The van der Waals surface area contributed by atoms with E-state index in [2.05, 4.69) is 0 Å². The van der Waals surface area contributed by atoms with Crippen molar-refractivity contribution in [1.82, 2.24) is 0 Å². The van der Waals surface area contributed by atoms with Crippen LogP contribution in [0.5, 0.6) is 0 Å². The Labute approximate surface area is 109 Å². The first kappa shape index (κ1) is 13.2. The lowest BCUT2D eigenvalue weighted by Gasteiger charge is -2.06. The third-order valence-electron chi connectivity index (χ3n) is 2.51. The van der Waals surface area contributed by atoms with E-state index in [1.54, 1.807) is 22.9 Å². The molecule has 2 rings (SSSR count). The van der Waals surface area contributed by atoms with Gasteiger partial charge < -0.3 is 10.3 Å². The van der Waals surface area contributed by atoms with Crippen molar-refractivity contribution in [2.75, 3.05) is 0 Å². The maximum atomic E-state index is 11.1. The van der Waals surface area contributed by atoms with E-state index in [1.807, 2.05) is 0 Å². The highest BCUT2D eigenvalue weighted by Crippen LogP contribution is 2.10. The van der Waals surface area contributed by atoms with Crippen molar-refractivity contribution in [1.29, 1.82) is 0 Å². The van der Waals surface area contributed by atoms with Gasteiger partial charge in [-0.2, -0.15) is 4.57 Å². The molecular formula is C12H10N2O4S. The van der Waals surface area contributed by atoms with Gasteiger partial charge in [-0.1, -0.05) is 0 Å². The molecule has 6 nitrogen and oxygen atoms in total. The normalized spacial score (nSPS) is 11.2. The molecule has 0 fully saturated rings. The van der Waals surface area contributed by atoms with E-state index in [9.17, 15) is 17.8 Å². The number of carbonyl (C=O) groups is 1. The molecule has 0 aliphatic rings. The molecule has 0 aliphatic carbocycles. The molecule has 2 N–H and O–H groups in total. The first-order chi connectivity index (χ1) is 8.88. The number of nitrogens with zero attached hydrogens (tertiary/aromatic N) is 1. The maximum Gasteiger partial charge on any atom is 0.254 e. The van der Waals surface area contributed by atoms with Crippen LogP contribution >= 0.6 is 0 Å². The van der Waals surface area contributed by atoms with Crippen molar-refractivity contribution in [3.05, 3.63) is 54.4 Å². The Balaban J connectivity index is 2.43. The van der Waals surface area contributed by atoms with E-state index in [-0.39, 0.29) is 4.90 Å². The number of nitrogens with two attached hydrogens (primary N) is 1. The number of rotatable bonds is 3. The van der Waals surface area contributed by atoms with E-state index in [0.29, 0.717) is 11.3 Å². The van der Waals surface area contributed by atoms with Gasteiger partial charge in [-0.15, -0.1) is 0 Å². The SMILES string of the molecule is NC(=O)c1ccc[n+](-c2ccc(S(=O)(=O)[O-])cc2)c1. The van der Waals surface area contributed by atoms with Crippen LogP contribution in [0.25, 0.3) is 5.69 Å². The fourth-order valence-corrected chi connectivity index (χ4v) is 2.04. The van der Waals surface area contributed by atoms with Gasteiger partial charge in [-0.05, 0) is 18.2 Å². The van der Waals surface area contributed by atoms with Crippen LogP contribution < -0.4 is 10.3 Å². The van der Waals surface area contributed by atoms with Gasteiger partial charge in [0.1, 0.15) is 15.7 Å². The number of carbonyl (C=O) groups excluding carboxylic acids is 1. The number of hydrogen-bond acceptors (Lipinski definition) is 4. The van der Waals surface area contributed by atoms with Crippen molar-refractivity contribution in [2.24, 2.45) is 5.73 Å². The first-order valence-corrected chi connectivity index (χ1v) is 6.66. The topological polar surface area (TPSA) is 104 Å². The minimum atomic E-state index is -4.46. The molecule has 0 atom stereocenters. The molecule has 19 heavy (non-hydrogen) atoms. The first-order valence-electron chi connectivity index (χ1n) is 5.25. The third-order valence-corrected chi connectivity index (χ3v) is 3.36. The quantitative estimate of drug-likeness (QED) is 0.628. The zero-order chi connectivity index (χ0) is 14.0. The van der Waals surface area contributed by atoms with Gasteiger partial charge in [0, 0.05) is 18.2 Å². The van der Waals surface area contributed by atoms with Crippen molar-refractivity contribution in [3.8, 4) is 5.69 Å². The second-order valence-corrected chi connectivity index (χ2v) is 5.19. The van der Waals surface area contributed by atoms with Crippen LogP contribution in [0.3, 0.4) is 0 Å². The van der Waals surface area contributed by atoms with Crippen LogP contribution in [0.15, 0.2) is 53.7 Å². The van der Waals surface area contributed by atoms with Gasteiger partial charge in [0.05, 0.1) is 4.90 Å². The predicted octanol–water partition coefficient (Wildman–Crippen LogP) is -0.0337. The Kier molecular flexibility index (Phi) is 3.32.